The van der Waals surface area contributed by atoms with E-state index in [9.17, 15) is 19.8 Å². The fourth-order valence-corrected chi connectivity index (χ4v) is 6.72. The SMILES string of the molecule is O=C1c2ccccc2C(=O)N1[C@H](C(O)O)C12CC3CC(CC(C3)C1)C2. The average molecular weight is 341 g/mol. The second-order valence-corrected chi connectivity index (χ2v) is 8.66. The number of hydrogen-bond acceptors (Lipinski definition) is 4. The van der Waals surface area contributed by atoms with Crippen molar-refractivity contribution in [2.24, 2.45) is 23.2 Å². The van der Waals surface area contributed by atoms with Gasteiger partial charge in [-0.25, -0.2) is 0 Å². The van der Waals surface area contributed by atoms with E-state index in [4.69, 9.17) is 0 Å². The standard InChI is InChI=1S/C20H23NO4/c22-17-14-3-1-2-4-15(14)18(23)21(17)16(19(24)25)20-8-11-5-12(9-20)7-13(6-11)10-20/h1-4,11-13,16,19,24-25H,5-10H2/t11?,12?,13?,16-,20?/m1/s1. The zero-order valence-corrected chi connectivity index (χ0v) is 14.1. The molecule has 6 rings (SSSR count). The average Bonchev–Trinajstić information content (AvgIpc) is 2.79. The smallest absolute Gasteiger partial charge is 0.262 e. The highest BCUT2D eigenvalue weighted by atomic mass is 16.5. The van der Waals surface area contributed by atoms with E-state index in [1.165, 1.54) is 24.2 Å². The lowest BCUT2D eigenvalue weighted by molar-refractivity contribution is -0.170. The predicted octanol–water partition coefficient (Wildman–Crippen LogP) is 2.18. The minimum atomic E-state index is -1.70. The van der Waals surface area contributed by atoms with Crippen LogP contribution >= 0.6 is 0 Å². The summed E-state index contributed by atoms with van der Waals surface area (Å²) in [5.74, 6) is 1.04. The first-order chi connectivity index (χ1) is 12.0. The molecule has 2 amide bonds. The lowest BCUT2D eigenvalue weighted by Gasteiger charge is -2.60. The Balaban J connectivity index is 1.57. The fourth-order valence-electron chi connectivity index (χ4n) is 6.72. The number of aliphatic hydroxyl groups is 2. The Morgan fingerprint density at radius 1 is 0.880 bits per heavy atom. The van der Waals surface area contributed by atoms with E-state index >= 15 is 0 Å². The summed E-state index contributed by atoms with van der Waals surface area (Å²) in [5.41, 5.74) is 0.418. The summed E-state index contributed by atoms with van der Waals surface area (Å²) >= 11 is 0. The minimum absolute atomic E-state index is 0.337. The molecule has 1 aliphatic heterocycles. The van der Waals surface area contributed by atoms with Gasteiger partial charge in [0.25, 0.3) is 11.8 Å². The van der Waals surface area contributed by atoms with Gasteiger partial charge in [0.1, 0.15) is 0 Å². The molecule has 5 aliphatic rings. The highest BCUT2D eigenvalue weighted by molar-refractivity contribution is 6.21. The van der Waals surface area contributed by atoms with Crippen molar-refractivity contribution in [2.75, 3.05) is 0 Å². The molecule has 4 fully saturated rings. The van der Waals surface area contributed by atoms with E-state index in [1.54, 1.807) is 24.3 Å². The van der Waals surface area contributed by atoms with Crippen molar-refractivity contribution in [1.29, 1.82) is 0 Å². The van der Waals surface area contributed by atoms with Gasteiger partial charge in [-0.3, -0.25) is 14.5 Å². The maximum atomic E-state index is 12.9. The van der Waals surface area contributed by atoms with Crippen LogP contribution in [0.4, 0.5) is 0 Å². The van der Waals surface area contributed by atoms with Gasteiger partial charge in [-0.1, -0.05) is 12.1 Å². The van der Waals surface area contributed by atoms with Crippen LogP contribution in [0.25, 0.3) is 0 Å². The summed E-state index contributed by atoms with van der Waals surface area (Å²) < 4.78 is 0. The van der Waals surface area contributed by atoms with Gasteiger partial charge in [-0.2, -0.15) is 0 Å². The molecule has 132 valence electrons. The molecular formula is C20H23NO4. The maximum absolute atomic E-state index is 12.9. The molecule has 2 N–H and O–H groups in total. The van der Waals surface area contributed by atoms with E-state index < -0.39 is 12.3 Å². The van der Waals surface area contributed by atoms with Crippen LogP contribution in [0.15, 0.2) is 24.3 Å². The summed E-state index contributed by atoms with van der Waals surface area (Å²) in [6.45, 7) is 0. The summed E-state index contributed by atoms with van der Waals surface area (Å²) in [5, 5.41) is 20.5. The summed E-state index contributed by atoms with van der Waals surface area (Å²) in [6.07, 6.45) is 4.65. The molecule has 5 nitrogen and oxygen atoms in total. The molecule has 0 saturated heterocycles. The Morgan fingerprint density at radius 3 is 1.72 bits per heavy atom. The third-order valence-corrected chi connectivity index (χ3v) is 7.10. The lowest BCUT2D eigenvalue weighted by atomic mass is 9.47. The third-order valence-electron chi connectivity index (χ3n) is 7.10. The van der Waals surface area contributed by atoms with Crippen LogP contribution < -0.4 is 0 Å². The number of carbonyl (C=O) groups excluding carboxylic acids is 2. The molecule has 25 heavy (non-hydrogen) atoms. The quantitative estimate of drug-likeness (QED) is 0.652. The Morgan fingerprint density at radius 2 is 1.32 bits per heavy atom. The first-order valence-electron chi connectivity index (χ1n) is 9.31. The Hall–Kier alpha value is -1.72. The van der Waals surface area contributed by atoms with Crippen molar-refractivity contribution < 1.29 is 19.8 Å². The largest absolute Gasteiger partial charge is 0.366 e. The highest BCUT2D eigenvalue weighted by Crippen LogP contribution is 2.62. The Bertz CT molecular complexity index is 686. The molecule has 1 aromatic rings. The normalized spacial score (nSPS) is 37.1. The molecule has 1 atom stereocenters. The molecule has 0 spiro atoms. The molecule has 4 bridgehead atoms. The molecule has 1 heterocycles. The number of rotatable bonds is 3. The number of benzene rings is 1. The molecule has 5 heteroatoms. The Labute approximate surface area is 146 Å². The van der Waals surface area contributed by atoms with E-state index in [0.29, 0.717) is 28.9 Å². The lowest BCUT2D eigenvalue weighted by Crippen LogP contribution is -2.62. The molecule has 0 unspecified atom stereocenters. The van der Waals surface area contributed by atoms with Crippen molar-refractivity contribution in [2.45, 2.75) is 50.9 Å². The van der Waals surface area contributed by atoms with Gasteiger partial charge in [-0.05, 0) is 73.8 Å². The summed E-state index contributed by atoms with van der Waals surface area (Å²) in [4.78, 5) is 27.0. The van der Waals surface area contributed by atoms with Crippen LogP contribution in [0.1, 0.15) is 59.2 Å². The molecular weight excluding hydrogens is 318 g/mol. The first kappa shape index (κ1) is 15.5. The van der Waals surface area contributed by atoms with Crippen LogP contribution in [-0.2, 0) is 0 Å². The maximum Gasteiger partial charge on any atom is 0.262 e. The molecule has 0 aromatic heterocycles. The van der Waals surface area contributed by atoms with E-state index in [1.807, 2.05) is 0 Å². The number of hydrogen-bond donors (Lipinski definition) is 2. The number of fused-ring (bicyclic) bond motifs is 1. The van der Waals surface area contributed by atoms with Crippen molar-refractivity contribution >= 4 is 11.8 Å². The van der Waals surface area contributed by atoms with Crippen molar-refractivity contribution in [3.63, 3.8) is 0 Å². The second kappa shape index (κ2) is 5.15. The topological polar surface area (TPSA) is 77.8 Å². The summed E-state index contributed by atoms with van der Waals surface area (Å²) in [7, 11) is 0. The Kier molecular flexibility index (Phi) is 3.20. The molecule has 1 aromatic carbocycles. The van der Waals surface area contributed by atoms with Gasteiger partial charge in [0.05, 0.1) is 17.2 Å². The third kappa shape index (κ3) is 2.09. The van der Waals surface area contributed by atoms with Crippen LogP contribution in [0.5, 0.6) is 0 Å². The number of aliphatic hydroxyl groups excluding tert-OH is 1. The molecule has 0 radical (unpaired) electrons. The first-order valence-corrected chi connectivity index (χ1v) is 9.31. The minimum Gasteiger partial charge on any atom is -0.366 e. The highest BCUT2D eigenvalue weighted by Gasteiger charge is 2.59. The monoisotopic (exact) mass is 341 g/mol. The zero-order chi connectivity index (χ0) is 17.3. The van der Waals surface area contributed by atoms with E-state index in [-0.39, 0.29) is 17.2 Å². The predicted molar refractivity (Wildman–Crippen MR) is 89.6 cm³/mol. The summed E-state index contributed by atoms with van der Waals surface area (Å²) in [6, 6.07) is 5.94. The van der Waals surface area contributed by atoms with Gasteiger partial charge in [0, 0.05) is 0 Å². The van der Waals surface area contributed by atoms with E-state index in [2.05, 4.69) is 0 Å². The van der Waals surface area contributed by atoms with Gasteiger partial charge in [0.2, 0.25) is 0 Å². The molecule has 4 aliphatic carbocycles. The number of imide groups is 1. The fraction of sp³-hybridized carbons (Fsp3) is 0.600. The van der Waals surface area contributed by atoms with Gasteiger partial charge < -0.3 is 10.2 Å². The van der Waals surface area contributed by atoms with Gasteiger partial charge >= 0.3 is 0 Å². The van der Waals surface area contributed by atoms with Crippen LogP contribution in [0.2, 0.25) is 0 Å². The van der Waals surface area contributed by atoms with Gasteiger partial charge in [0.15, 0.2) is 6.29 Å². The number of amides is 2. The van der Waals surface area contributed by atoms with Gasteiger partial charge in [-0.15, -0.1) is 0 Å². The zero-order valence-electron chi connectivity index (χ0n) is 14.1. The van der Waals surface area contributed by atoms with Crippen LogP contribution in [0, 0.1) is 23.2 Å². The molecule has 4 saturated carbocycles. The van der Waals surface area contributed by atoms with Crippen LogP contribution in [0.3, 0.4) is 0 Å². The number of carbonyl (C=O) groups is 2. The van der Waals surface area contributed by atoms with E-state index in [0.717, 1.165) is 19.3 Å². The van der Waals surface area contributed by atoms with Crippen molar-refractivity contribution in [3.05, 3.63) is 35.4 Å². The van der Waals surface area contributed by atoms with Crippen LogP contribution in [-0.4, -0.2) is 39.3 Å². The second-order valence-electron chi connectivity index (χ2n) is 8.66. The number of nitrogens with zero attached hydrogens (tertiary/aromatic N) is 1. The van der Waals surface area contributed by atoms with Crippen molar-refractivity contribution in [1.82, 2.24) is 4.90 Å². The van der Waals surface area contributed by atoms with Crippen molar-refractivity contribution in [3.8, 4) is 0 Å².